The summed E-state index contributed by atoms with van der Waals surface area (Å²) >= 11 is 0. The average Bonchev–Trinajstić information content (AvgIpc) is 2.98. The molecule has 3 rings (SSSR count). The Hall–Kier alpha value is -1.42. The van der Waals surface area contributed by atoms with Gasteiger partial charge in [0.05, 0.1) is 6.04 Å². The molecule has 1 aromatic rings. The third-order valence-electron chi connectivity index (χ3n) is 5.97. The van der Waals surface area contributed by atoms with Crippen LogP contribution in [0.5, 0.6) is 0 Å². The summed E-state index contributed by atoms with van der Waals surface area (Å²) in [6.45, 7) is 3.44. The number of nitrogens with zero attached hydrogens (tertiary/aromatic N) is 1. The largest absolute Gasteiger partial charge is 0.335 e. The fourth-order valence-electron chi connectivity index (χ4n) is 4.54. The predicted molar refractivity (Wildman–Crippen MR) is 93.8 cm³/mol. The maximum atomic E-state index is 14.2. The molecule has 1 amide bonds. The third kappa shape index (κ3) is 3.49. The van der Waals surface area contributed by atoms with Crippen LogP contribution in [-0.4, -0.2) is 23.9 Å². The molecule has 2 N–H and O–H groups in total. The van der Waals surface area contributed by atoms with Crippen molar-refractivity contribution in [3.8, 4) is 0 Å². The molecule has 2 fully saturated rings. The molecular formula is C20H29FN2O. The Morgan fingerprint density at radius 3 is 2.67 bits per heavy atom. The average molecular weight is 332 g/mol. The van der Waals surface area contributed by atoms with Crippen LogP contribution in [-0.2, 0) is 4.79 Å². The highest BCUT2D eigenvalue weighted by Crippen LogP contribution is 2.42. The van der Waals surface area contributed by atoms with E-state index in [-0.39, 0.29) is 23.2 Å². The van der Waals surface area contributed by atoms with E-state index < -0.39 is 0 Å². The lowest BCUT2D eigenvalue weighted by molar-refractivity contribution is -0.135. The van der Waals surface area contributed by atoms with Gasteiger partial charge in [-0.05, 0) is 43.2 Å². The molecule has 1 heterocycles. The highest BCUT2D eigenvalue weighted by atomic mass is 19.1. The van der Waals surface area contributed by atoms with Gasteiger partial charge in [-0.3, -0.25) is 4.79 Å². The van der Waals surface area contributed by atoms with Gasteiger partial charge in [-0.25, -0.2) is 4.39 Å². The van der Waals surface area contributed by atoms with Gasteiger partial charge in [-0.15, -0.1) is 0 Å². The summed E-state index contributed by atoms with van der Waals surface area (Å²) < 4.78 is 14.2. The van der Waals surface area contributed by atoms with E-state index in [2.05, 4.69) is 6.92 Å². The van der Waals surface area contributed by atoms with Gasteiger partial charge in [0.1, 0.15) is 5.82 Å². The Morgan fingerprint density at radius 2 is 2.00 bits per heavy atom. The van der Waals surface area contributed by atoms with Crippen LogP contribution in [0.2, 0.25) is 0 Å². The zero-order valence-electron chi connectivity index (χ0n) is 14.6. The van der Waals surface area contributed by atoms with Gasteiger partial charge in [0, 0.05) is 18.5 Å². The molecule has 1 saturated heterocycles. The van der Waals surface area contributed by atoms with Crippen molar-refractivity contribution < 1.29 is 9.18 Å². The minimum Gasteiger partial charge on any atom is -0.335 e. The molecule has 0 bridgehead atoms. The minimum absolute atomic E-state index is 0.0407. The summed E-state index contributed by atoms with van der Waals surface area (Å²) in [5.41, 5.74) is 6.66. The van der Waals surface area contributed by atoms with Crippen LogP contribution in [0.3, 0.4) is 0 Å². The van der Waals surface area contributed by atoms with Gasteiger partial charge in [-0.2, -0.15) is 0 Å². The van der Waals surface area contributed by atoms with Crippen molar-refractivity contribution in [3.05, 3.63) is 35.6 Å². The van der Waals surface area contributed by atoms with E-state index in [1.807, 2.05) is 17.0 Å². The number of benzene rings is 1. The lowest BCUT2D eigenvalue weighted by atomic mass is 9.71. The standard InChI is InChI=1S/C20H29FN2O/c1-15-11-18(16-7-3-4-8-17(16)21)23(13-15)19(24)12-20(14-22)9-5-2-6-10-20/h3-4,7-8,15,18H,2,5-6,9-14,22H2,1H3. The number of nitrogens with two attached hydrogens (primary N) is 1. The second-order valence-electron chi connectivity index (χ2n) is 7.87. The summed E-state index contributed by atoms with van der Waals surface area (Å²) in [6, 6.07) is 6.73. The van der Waals surface area contributed by atoms with Crippen LogP contribution >= 0.6 is 0 Å². The Morgan fingerprint density at radius 1 is 1.29 bits per heavy atom. The number of likely N-dealkylation sites (tertiary alicyclic amines) is 1. The van der Waals surface area contributed by atoms with Gasteiger partial charge < -0.3 is 10.6 Å². The Balaban J connectivity index is 1.78. The molecule has 1 aliphatic heterocycles. The van der Waals surface area contributed by atoms with Crippen molar-refractivity contribution in [1.82, 2.24) is 4.90 Å². The molecule has 0 radical (unpaired) electrons. The molecule has 4 heteroatoms. The second-order valence-corrected chi connectivity index (χ2v) is 7.87. The SMILES string of the molecule is CC1CC(c2ccccc2F)N(C(=O)CC2(CN)CCCCC2)C1. The molecule has 1 saturated carbocycles. The molecule has 0 spiro atoms. The van der Waals surface area contributed by atoms with Gasteiger partial charge in [0.25, 0.3) is 0 Å². The minimum atomic E-state index is -0.208. The van der Waals surface area contributed by atoms with Gasteiger partial charge >= 0.3 is 0 Å². The van der Waals surface area contributed by atoms with Crippen molar-refractivity contribution in [2.75, 3.05) is 13.1 Å². The molecule has 2 unspecified atom stereocenters. The monoisotopic (exact) mass is 332 g/mol. The normalized spacial score (nSPS) is 26.5. The zero-order valence-corrected chi connectivity index (χ0v) is 14.6. The maximum Gasteiger partial charge on any atom is 0.223 e. The van der Waals surface area contributed by atoms with E-state index in [1.54, 1.807) is 6.07 Å². The molecule has 24 heavy (non-hydrogen) atoms. The molecule has 2 atom stereocenters. The van der Waals surface area contributed by atoms with Gasteiger partial charge in [0.15, 0.2) is 0 Å². The van der Waals surface area contributed by atoms with Crippen molar-refractivity contribution in [2.45, 2.75) is 57.9 Å². The van der Waals surface area contributed by atoms with Crippen LogP contribution in [0.15, 0.2) is 24.3 Å². The quantitative estimate of drug-likeness (QED) is 0.904. The number of carbonyl (C=O) groups excluding carboxylic acids is 1. The zero-order chi connectivity index (χ0) is 17.2. The number of halogens is 1. The van der Waals surface area contributed by atoms with E-state index in [1.165, 1.54) is 12.5 Å². The third-order valence-corrected chi connectivity index (χ3v) is 5.97. The Labute approximate surface area is 144 Å². The van der Waals surface area contributed by atoms with E-state index in [4.69, 9.17) is 5.73 Å². The van der Waals surface area contributed by atoms with Crippen molar-refractivity contribution in [2.24, 2.45) is 17.1 Å². The topological polar surface area (TPSA) is 46.3 Å². The maximum absolute atomic E-state index is 14.2. The number of rotatable bonds is 4. The summed E-state index contributed by atoms with van der Waals surface area (Å²) in [7, 11) is 0. The fraction of sp³-hybridized carbons (Fsp3) is 0.650. The molecule has 1 aliphatic carbocycles. The van der Waals surface area contributed by atoms with E-state index in [0.717, 1.165) is 38.6 Å². The molecule has 1 aromatic carbocycles. The molecule has 0 aromatic heterocycles. The van der Waals surface area contributed by atoms with Crippen LogP contribution in [0, 0.1) is 17.2 Å². The van der Waals surface area contributed by atoms with Gasteiger partial charge in [0.2, 0.25) is 5.91 Å². The van der Waals surface area contributed by atoms with Crippen molar-refractivity contribution in [3.63, 3.8) is 0 Å². The van der Waals surface area contributed by atoms with E-state index in [0.29, 0.717) is 24.4 Å². The smallest absolute Gasteiger partial charge is 0.223 e. The highest BCUT2D eigenvalue weighted by molar-refractivity contribution is 5.78. The first-order valence-corrected chi connectivity index (χ1v) is 9.29. The van der Waals surface area contributed by atoms with Crippen LogP contribution < -0.4 is 5.73 Å². The summed E-state index contributed by atoms with van der Waals surface area (Å²) in [5, 5.41) is 0. The molecule has 3 nitrogen and oxygen atoms in total. The lowest BCUT2D eigenvalue weighted by Crippen LogP contribution is -2.40. The van der Waals surface area contributed by atoms with Crippen LogP contribution in [0.4, 0.5) is 4.39 Å². The van der Waals surface area contributed by atoms with Crippen molar-refractivity contribution >= 4 is 5.91 Å². The molecule has 2 aliphatic rings. The second kappa shape index (κ2) is 7.22. The molecular weight excluding hydrogens is 303 g/mol. The van der Waals surface area contributed by atoms with E-state index >= 15 is 0 Å². The van der Waals surface area contributed by atoms with Crippen molar-refractivity contribution in [1.29, 1.82) is 0 Å². The highest BCUT2D eigenvalue weighted by Gasteiger charge is 2.39. The Kier molecular flexibility index (Phi) is 5.24. The summed E-state index contributed by atoms with van der Waals surface area (Å²) in [5.74, 6) is 0.347. The summed E-state index contributed by atoms with van der Waals surface area (Å²) in [6.07, 6.45) is 7.01. The van der Waals surface area contributed by atoms with Crippen LogP contribution in [0.25, 0.3) is 0 Å². The van der Waals surface area contributed by atoms with Gasteiger partial charge in [-0.1, -0.05) is 44.4 Å². The Bertz CT molecular complexity index is 583. The lowest BCUT2D eigenvalue weighted by Gasteiger charge is -2.37. The van der Waals surface area contributed by atoms with Crippen LogP contribution in [0.1, 0.15) is 63.5 Å². The number of carbonyl (C=O) groups is 1. The number of hydrogen-bond acceptors (Lipinski definition) is 2. The first kappa shape index (κ1) is 17.4. The first-order valence-electron chi connectivity index (χ1n) is 9.29. The fourth-order valence-corrected chi connectivity index (χ4v) is 4.54. The summed E-state index contributed by atoms with van der Waals surface area (Å²) in [4.78, 5) is 15.0. The van der Waals surface area contributed by atoms with E-state index in [9.17, 15) is 9.18 Å². The number of amides is 1. The molecule has 132 valence electrons. The number of hydrogen-bond donors (Lipinski definition) is 1. The predicted octanol–water partition coefficient (Wildman–Crippen LogP) is 4.03. The first-order chi connectivity index (χ1) is 11.5.